The zero-order valence-electron chi connectivity index (χ0n) is 13.5. The second-order valence-electron chi connectivity index (χ2n) is 6.34. The minimum atomic E-state index is -3.23. The third kappa shape index (κ3) is 3.30. The molecule has 0 atom stereocenters. The molecule has 2 fully saturated rings. The molecule has 1 aliphatic carbocycles. The smallest absolute Gasteiger partial charge is 0.253 e. The molecule has 1 heterocycles. The fraction of sp³-hybridized carbons (Fsp3) is 0.529. The van der Waals surface area contributed by atoms with E-state index in [9.17, 15) is 13.2 Å². The SMILES string of the molecule is N#Cc1cccc(C(=O)N2CCN(S(=O)(=O)C3CCCC3)CC2)c1. The summed E-state index contributed by atoms with van der Waals surface area (Å²) in [4.78, 5) is 14.2. The van der Waals surface area contributed by atoms with Crippen LogP contribution in [0.3, 0.4) is 0 Å². The lowest BCUT2D eigenvalue weighted by Gasteiger charge is -2.35. The average Bonchev–Trinajstić information content (AvgIpc) is 3.17. The van der Waals surface area contributed by atoms with Crippen LogP contribution in [0.15, 0.2) is 24.3 Å². The summed E-state index contributed by atoms with van der Waals surface area (Å²) in [5, 5.41) is 8.69. The Balaban J connectivity index is 1.64. The van der Waals surface area contributed by atoms with Crippen molar-refractivity contribution >= 4 is 15.9 Å². The second kappa shape index (κ2) is 6.91. The molecule has 3 rings (SSSR count). The molecule has 6 nitrogen and oxygen atoms in total. The highest BCUT2D eigenvalue weighted by Gasteiger charge is 2.36. The molecule has 1 aromatic rings. The van der Waals surface area contributed by atoms with Crippen molar-refractivity contribution in [2.45, 2.75) is 30.9 Å². The summed E-state index contributed by atoms with van der Waals surface area (Å²) in [7, 11) is -3.23. The highest BCUT2D eigenvalue weighted by atomic mass is 32.2. The molecular weight excluding hydrogens is 326 g/mol. The number of nitriles is 1. The molecule has 0 bridgehead atoms. The highest BCUT2D eigenvalue weighted by molar-refractivity contribution is 7.89. The van der Waals surface area contributed by atoms with E-state index in [2.05, 4.69) is 0 Å². The number of carbonyl (C=O) groups excluding carboxylic acids is 1. The topological polar surface area (TPSA) is 81.5 Å². The second-order valence-corrected chi connectivity index (χ2v) is 8.55. The van der Waals surface area contributed by atoms with Gasteiger partial charge in [-0.25, -0.2) is 8.42 Å². The summed E-state index contributed by atoms with van der Waals surface area (Å²) in [6.07, 6.45) is 3.47. The molecule has 1 aromatic carbocycles. The molecule has 0 N–H and O–H groups in total. The molecule has 2 aliphatic rings. The molecule has 1 aliphatic heterocycles. The lowest BCUT2D eigenvalue weighted by molar-refractivity contribution is 0.0697. The number of carbonyl (C=O) groups is 1. The maximum absolute atomic E-state index is 12.6. The van der Waals surface area contributed by atoms with E-state index in [0.29, 0.717) is 37.3 Å². The fourth-order valence-electron chi connectivity index (χ4n) is 3.45. The third-order valence-electron chi connectivity index (χ3n) is 4.85. The van der Waals surface area contributed by atoms with E-state index in [1.54, 1.807) is 33.5 Å². The van der Waals surface area contributed by atoms with Crippen LogP contribution in [0.2, 0.25) is 0 Å². The first kappa shape index (κ1) is 16.9. The molecule has 0 radical (unpaired) electrons. The summed E-state index contributed by atoms with van der Waals surface area (Å²) in [6, 6.07) is 8.63. The molecule has 7 heteroatoms. The number of amides is 1. The molecule has 0 aromatic heterocycles. The molecule has 128 valence electrons. The number of hydrogen-bond acceptors (Lipinski definition) is 4. The van der Waals surface area contributed by atoms with Gasteiger partial charge in [0.05, 0.1) is 16.9 Å². The van der Waals surface area contributed by atoms with Crippen LogP contribution in [0.5, 0.6) is 0 Å². The van der Waals surface area contributed by atoms with Gasteiger partial charge >= 0.3 is 0 Å². The number of rotatable bonds is 3. The number of benzene rings is 1. The quantitative estimate of drug-likeness (QED) is 0.831. The van der Waals surface area contributed by atoms with Crippen LogP contribution in [-0.2, 0) is 10.0 Å². The molecule has 1 saturated heterocycles. The van der Waals surface area contributed by atoms with Gasteiger partial charge in [0.25, 0.3) is 5.91 Å². The van der Waals surface area contributed by atoms with E-state index >= 15 is 0 Å². The largest absolute Gasteiger partial charge is 0.336 e. The summed E-state index contributed by atoms with van der Waals surface area (Å²) in [6.45, 7) is 1.48. The molecule has 1 amide bonds. The Labute approximate surface area is 142 Å². The molecule has 1 saturated carbocycles. The average molecular weight is 347 g/mol. The van der Waals surface area contributed by atoms with Gasteiger partial charge in [-0.15, -0.1) is 0 Å². The Bertz CT molecular complexity index is 756. The van der Waals surface area contributed by atoms with Crippen molar-refractivity contribution in [3.8, 4) is 6.07 Å². The van der Waals surface area contributed by atoms with Crippen molar-refractivity contribution in [2.75, 3.05) is 26.2 Å². The molecular formula is C17H21N3O3S. The van der Waals surface area contributed by atoms with Gasteiger partial charge in [-0.3, -0.25) is 4.79 Å². The highest BCUT2D eigenvalue weighted by Crippen LogP contribution is 2.27. The molecule has 24 heavy (non-hydrogen) atoms. The van der Waals surface area contributed by atoms with Crippen LogP contribution in [0.4, 0.5) is 0 Å². The van der Waals surface area contributed by atoms with Gasteiger partial charge in [0.2, 0.25) is 10.0 Å². The predicted molar refractivity (Wildman–Crippen MR) is 89.8 cm³/mol. The fourth-order valence-corrected chi connectivity index (χ4v) is 5.47. The number of hydrogen-bond donors (Lipinski definition) is 0. The zero-order valence-corrected chi connectivity index (χ0v) is 14.3. The van der Waals surface area contributed by atoms with Gasteiger partial charge in [0, 0.05) is 31.7 Å². The predicted octanol–water partition coefficient (Wildman–Crippen LogP) is 1.59. The normalized spacial score (nSPS) is 20.0. The summed E-state index contributed by atoms with van der Waals surface area (Å²) in [5.41, 5.74) is 0.921. The van der Waals surface area contributed by atoms with E-state index in [1.807, 2.05) is 6.07 Å². The molecule has 0 spiro atoms. The minimum absolute atomic E-state index is 0.148. The standard InChI is InChI=1S/C17H21N3O3S/c18-13-14-4-3-5-15(12-14)17(21)19-8-10-20(11-9-19)24(22,23)16-6-1-2-7-16/h3-5,12,16H,1-2,6-11H2. The van der Waals surface area contributed by atoms with E-state index in [-0.39, 0.29) is 11.2 Å². The van der Waals surface area contributed by atoms with E-state index in [4.69, 9.17) is 5.26 Å². The Hall–Kier alpha value is -1.91. The maximum Gasteiger partial charge on any atom is 0.253 e. The summed E-state index contributed by atoms with van der Waals surface area (Å²) in [5.74, 6) is -0.148. The van der Waals surface area contributed by atoms with Gasteiger partial charge in [0.1, 0.15) is 0 Å². The van der Waals surface area contributed by atoms with Gasteiger partial charge in [-0.1, -0.05) is 18.9 Å². The Morgan fingerprint density at radius 3 is 2.42 bits per heavy atom. The Kier molecular flexibility index (Phi) is 4.88. The van der Waals surface area contributed by atoms with Crippen LogP contribution in [-0.4, -0.2) is 55.0 Å². The van der Waals surface area contributed by atoms with E-state index in [0.717, 1.165) is 25.7 Å². The van der Waals surface area contributed by atoms with Gasteiger partial charge < -0.3 is 4.90 Å². The van der Waals surface area contributed by atoms with Crippen LogP contribution in [0.1, 0.15) is 41.6 Å². The van der Waals surface area contributed by atoms with E-state index < -0.39 is 10.0 Å². The summed E-state index contributed by atoms with van der Waals surface area (Å²) < 4.78 is 26.7. The minimum Gasteiger partial charge on any atom is -0.336 e. The zero-order chi connectivity index (χ0) is 17.2. The van der Waals surface area contributed by atoms with Crippen molar-refractivity contribution in [3.05, 3.63) is 35.4 Å². The number of nitrogens with zero attached hydrogens (tertiary/aromatic N) is 3. The van der Waals surface area contributed by atoms with Gasteiger partial charge in [-0.05, 0) is 31.0 Å². The first-order valence-corrected chi connectivity index (χ1v) is 9.81. The first-order valence-electron chi connectivity index (χ1n) is 8.31. The van der Waals surface area contributed by atoms with Crippen LogP contribution in [0.25, 0.3) is 0 Å². The Morgan fingerprint density at radius 1 is 1.12 bits per heavy atom. The van der Waals surface area contributed by atoms with Crippen molar-refractivity contribution in [2.24, 2.45) is 0 Å². The number of piperazine rings is 1. The monoisotopic (exact) mass is 347 g/mol. The lowest BCUT2D eigenvalue weighted by Crippen LogP contribution is -2.52. The first-order chi connectivity index (χ1) is 11.5. The third-order valence-corrected chi connectivity index (χ3v) is 7.25. The number of sulfonamides is 1. The van der Waals surface area contributed by atoms with E-state index in [1.165, 1.54) is 0 Å². The van der Waals surface area contributed by atoms with Crippen LogP contribution < -0.4 is 0 Å². The van der Waals surface area contributed by atoms with Gasteiger partial charge in [0.15, 0.2) is 0 Å². The molecule has 0 unspecified atom stereocenters. The summed E-state index contributed by atoms with van der Waals surface area (Å²) >= 11 is 0. The van der Waals surface area contributed by atoms with Crippen molar-refractivity contribution in [3.63, 3.8) is 0 Å². The van der Waals surface area contributed by atoms with Crippen molar-refractivity contribution < 1.29 is 13.2 Å². The Morgan fingerprint density at radius 2 is 1.79 bits per heavy atom. The maximum atomic E-state index is 12.6. The van der Waals surface area contributed by atoms with Crippen LogP contribution in [0, 0.1) is 11.3 Å². The van der Waals surface area contributed by atoms with Crippen molar-refractivity contribution in [1.29, 1.82) is 5.26 Å². The van der Waals surface area contributed by atoms with Crippen LogP contribution >= 0.6 is 0 Å². The van der Waals surface area contributed by atoms with Gasteiger partial charge in [-0.2, -0.15) is 9.57 Å². The van der Waals surface area contributed by atoms with Crippen molar-refractivity contribution in [1.82, 2.24) is 9.21 Å². The lowest BCUT2D eigenvalue weighted by atomic mass is 10.1.